The minimum Gasteiger partial charge on any atom is -0.452 e. The fourth-order valence-electron chi connectivity index (χ4n) is 2.28. The second-order valence-electron chi connectivity index (χ2n) is 5.57. The maximum Gasteiger partial charge on any atom is 0.338 e. The lowest BCUT2D eigenvalue weighted by Crippen LogP contribution is -2.31. The van der Waals surface area contributed by atoms with Gasteiger partial charge in [0.1, 0.15) is 0 Å². The molecule has 1 aromatic carbocycles. The van der Waals surface area contributed by atoms with E-state index in [1.165, 1.54) is 24.3 Å². The molecule has 0 bridgehead atoms. The summed E-state index contributed by atoms with van der Waals surface area (Å²) in [4.78, 5) is 23.2. The van der Waals surface area contributed by atoms with Gasteiger partial charge in [0.2, 0.25) is 10.0 Å². The Kier molecular flexibility index (Phi) is 7.15. The number of terminal acetylenes is 1. The van der Waals surface area contributed by atoms with E-state index in [0.29, 0.717) is 6.61 Å². The van der Waals surface area contributed by atoms with Crippen molar-refractivity contribution < 1.29 is 27.5 Å². The summed E-state index contributed by atoms with van der Waals surface area (Å²) in [7, 11) is -3.69. The van der Waals surface area contributed by atoms with Crippen LogP contribution in [0.15, 0.2) is 29.2 Å². The number of hydrogen-bond donors (Lipinski definition) is 2. The van der Waals surface area contributed by atoms with Gasteiger partial charge in [-0.2, -0.15) is 0 Å². The number of carbonyl (C=O) groups is 2. The number of hydrogen-bond acceptors (Lipinski definition) is 6. The van der Waals surface area contributed by atoms with Gasteiger partial charge < -0.3 is 14.8 Å². The molecule has 2 N–H and O–H groups in total. The molecular weight excluding hydrogens is 360 g/mol. The quantitative estimate of drug-likeness (QED) is 0.487. The molecule has 0 aliphatic carbocycles. The molecule has 1 aliphatic heterocycles. The molecule has 0 radical (unpaired) electrons. The molecule has 1 saturated heterocycles. The summed E-state index contributed by atoms with van der Waals surface area (Å²) in [6.07, 6.45) is 6.63. The summed E-state index contributed by atoms with van der Waals surface area (Å²) >= 11 is 0. The fraction of sp³-hybridized carbons (Fsp3) is 0.412. The number of nitrogens with one attached hydrogen (secondary N) is 2. The highest BCUT2D eigenvalue weighted by atomic mass is 32.2. The zero-order valence-electron chi connectivity index (χ0n) is 14.1. The molecule has 0 unspecified atom stereocenters. The summed E-state index contributed by atoms with van der Waals surface area (Å²) in [5, 5.41) is 2.36. The molecule has 1 atom stereocenters. The maximum absolute atomic E-state index is 12.2. The highest BCUT2D eigenvalue weighted by molar-refractivity contribution is 7.89. The van der Waals surface area contributed by atoms with Gasteiger partial charge in [-0.25, -0.2) is 17.9 Å². The second-order valence-corrected chi connectivity index (χ2v) is 7.34. The Morgan fingerprint density at radius 3 is 2.65 bits per heavy atom. The summed E-state index contributed by atoms with van der Waals surface area (Å²) in [6, 6.07) is 5.24. The molecule has 1 aliphatic rings. The minimum absolute atomic E-state index is 0.0267. The average molecular weight is 380 g/mol. The fourth-order valence-corrected chi connectivity index (χ4v) is 3.34. The largest absolute Gasteiger partial charge is 0.452 e. The van der Waals surface area contributed by atoms with Crippen LogP contribution in [-0.4, -0.2) is 52.7 Å². The van der Waals surface area contributed by atoms with Crippen LogP contribution >= 0.6 is 0 Å². The highest BCUT2D eigenvalue weighted by Crippen LogP contribution is 2.14. The van der Waals surface area contributed by atoms with Crippen molar-refractivity contribution in [3.05, 3.63) is 29.8 Å². The Morgan fingerprint density at radius 1 is 1.31 bits per heavy atom. The minimum atomic E-state index is -3.69. The first-order valence-electron chi connectivity index (χ1n) is 8.01. The number of carbonyl (C=O) groups excluding carboxylic acids is 2. The summed E-state index contributed by atoms with van der Waals surface area (Å²) in [6.45, 7) is 0.425. The smallest absolute Gasteiger partial charge is 0.338 e. The van der Waals surface area contributed by atoms with Crippen molar-refractivity contribution in [2.75, 3.05) is 26.3 Å². The standard InChI is InChI=1S/C17H20N2O6S/c1-2-9-18-16(20)12-25-17(21)13-5-7-15(8-6-13)26(22,23)19-11-14-4-3-10-24-14/h1,5-8,14,19H,3-4,9-12H2,(H,18,20)/t14-/m0/s1. The maximum atomic E-state index is 12.2. The molecule has 1 amide bonds. The van der Waals surface area contributed by atoms with Gasteiger partial charge >= 0.3 is 5.97 Å². The molecule has 0 saturated carbocycles. The summed E-state index contributed by atoms with van der Waals surface area (Å²) in [5.41, 5.74) is 0.132. The predicted octanol–water partition coefficient (Wildman–Crippen LogP) is 0.0501. The van der Waals surface area contributed by atoms with Crippen LogP contribution in [0, 0.1) is 12.3 Å². The molecule has 1 aromatic rings. The number of rotatable bonds is 8. The number of ether oxygens (including phenoxy) is 2. The van der Waals surface area contributed by atoms with Gasteiger partial charge in [0.15, 0.2) is 6.61 Å². The first-order valence-corrected chi connectivity index (χ1v) is 9.49. The summed E-state index contributed by atoms with van der Waals surface area (Å²) < 4.78 is 37.2. The van der Waals surface area contributed by atoms with Crippen molar-refractivity contribution in [3.63, 3.8) is 0 Å². The van der Waals surface area contributed by atoms with Crippen molar-refractivity contribution in [2.45, 2.75) is 23.8 Å². The van der Waals surface area contributed by atoms with Gasteiger partial charge in [0, 0.05) is 13.2 Å². The van der Waals surface area contributed by atoms with Gasteiger partial charge in [0.05, 0.1) is 23.1 Å². The summed E-state index contributed by atoms with van der Waals surface area (Å²) in [5.74, 6) is 0.965. The molecule has 140 valence electrons. The van der Waals surface area contributed by atoms with Gasteiger partial charge in [0.25, 0.3) is 5.91 Å². The van der Waals surface area contributed by atoms with Crippen molar-refractivity contribution in [1.29, 1.82) is 0 Å². The third-order valence-corrected chi connectivity index (χ3v) is 5.09. The first kappa shape index (κ1) is 19.9. The Hall–Kier alpha value is -2.41. The van der Waals surface area contributed by atoms with E-state index < -0.39 is 28.5 Å². The Bertz CT molecular complexity index is 776. The van der Waals surface area contributed by atoms with Crippen molar-refractivity contribution in [2.24, 2.45) is 0 Å². The van der Waals surface area contributed by atoms with Crippen molar-refractivity contribution >= 4 is 21.9 Å². The molecule has 2 rings (SSSR count). The number of benzene rings is 1. The van der Waals surface area contributed by atoms with E-state index in [4.69, 9.17) is 15.9 Å². The third-order valence-electron chi connectivity index (χ3n) is 3.65. The lowest BCUT2D eigenvalue weighted by atomic mass is 10.2. The average Bonchev–Trinajstić information content (AvgIpc) is 3.16. The van der Waals surface area contributed by atoms with E-state index in [2.05, 4.69) is 16.0 Å². The Balaban J connectivity index is 1.88. The van der Waals surface area contributed by atoms with Crippen LogP contribution < -0.4 is 10.0 Å². The lowest BCUT2D eigenvalue weighted by Gasteiger charge is -2.11. The molecule has 0 aromatic heterocycles. The normalized spacial score (nSPS) is 16.7. The van der Waals surface area contributed by atoms with Crippen LogP contribution in [0.3, 0.4) is 0 Å². The number of sulfonamides is 1. The van der Waals surface area contributed by atoms with E-state index in [0.717, 1.165) is 12.8 Å². The van der Waals surface area contributed by atoms with Crippen LogP contribution in [0.4, 0.5) is 0 Å². The monoisotopic (exact) mass is 380 g/mol. The first-order chi connectivity index (χ1) is 12.4. The molecule has 26 heavy (non-hydrogen) atoms. The van der Waals surface area contributed by atoms with Crippen LogP contribution in [-0.2, 0) is 24.3 Å². The van der Waals surface area contributed by atoms with Crippen molar-refractivity contribution in [3.8, 4) is 12.3 Å². The van der Waals surface area contributed by atoms with E-state index in [1.807, 2.05) is 0 Å². The molecule has 1 heterocycles. The predicted molar refractivity (Wildman–Crippen MR) is 92.7 cm³/mol. The number of amides is 1. The topological polar surface area (TPSA) is 111 Å². The number of esters is 1. The molecular formula is C17H20N2O6S. The van der Waals surface area contributed by atoms with E-state index in [9.17, 15) is 18.0 Å². The lowest BCUT2D eigenvalue weighted by molar-refractivity contribution is -0.123. The molecule has 0 spiro atoms. The third kappa shape index (κ3) is 5.84. The van der Waals surface area contributed by atoms with E-state index in [-0.39, 0.29) is 29.7 Å². The van der Waals surface area contributed by atoms with Gasteiger partial charge in [-0.1, -0.05) is 5.92 Å². The van der Waals surface area contributed by atoms with Crippen LogP contribution in [0.5, 0.6) is 0 Å². The van der Waals surface area contributed by atoms with E-state index >= 15 is 0 Å². The molecule has 9 heteroatoms. The van der Waals surface area contributed by atoms with Gasteiger partial charge in [-0.3, -0.25) is 4.79 Å². The van der Waals surface area contributed by atoms with Gasteiger partial charge in [-0.15, -0.1) is 6.42 Å². The van der Waals surface area contributed by atoms with Gasteiger partial charge in [-0.05, 0) is 37.1 Å². The molecule has 8 nitrogen and oxygen atoms in total. The Labute approximate surface area is 152 Å². The second kappa shape index (κ2) is 9.33. The highest BCUT2D eigenvalue weighted by Gasteiger charge is 2.20. The van der Waals surface area contributed by atoms with Crippen LogP contribution in [0.25, 0.3) is 0 Å². The van der Waals surface area contributed by atoms with Crippen LogP contribution in [0.2, 0.25) is 0 Å². The zero-order chi connectivity index (χ0) is 19.0. The molecule has 1 fully saturated rings. The SMILES string of the molecule is C#CCNC(=O)COC(=O)c1ccc(S(=O)(=O)NC[C@@H]2CCCO2)cc1. The van der Waals surface area contributed by atoms with Crippen LogP contribution in [0.1, 0.15) is 23.2 Å². The zero-order valence-corrected chi connectivity index (χ0v) is 14.9. The van der Waals surface area contributed by atoms with Crippen molar-refractivity contribution in [1.82, 2.24) is 10.0 Å². The Morgan fingerprint density at radius 2 is 2.04 bits per heavy atom. The van der Waals surface area contributed by atoms with E-state index in [1.54, 1.807) is 0 Å².